The summed E-state index contributed by atoms with van der Waals surface area (Å²) in [5.41, 5.74) is 0.245. The number of rotatable bonds is 2. The Hall–Kier alpha value is -0.940. The van der Waals surface area contributed by atoms with Gasteiger partial charge in [0.1, 0.15) is 11.9 Å². The minimum atomic E-state index is -1.02. The number of hydrogen-bond donors (Lipinski definition) is 1. The lowest BCUT2D eigenvalue weighted by Gasteiger charge is -2.13. The Balaban J connectivity index is 2.19. The van der Waals surface area contributed by atoms with Crippen molar-refractivity contribution >= 4 is 49.6 Å². The van der Waals surface area contributed by atoms with E-state index in [0.717, 1.165) is 9.86 Å². The first-order valence-corrected chi connectivity index (χ1v) is 7.86. The van der Waals surface area contributed by atoms with Gasteiger partial charge in [0, 0.05) is 20.3 Å². The number of hydrogen-bond acceptors (Lipinski definition) is 2. The third kappa shape index (κ3) is 2.37. The van der Waals surface area contributed by atoms with Crippen molar-refractivity contribution in [3.05, 3.63) is 67.5 Å². The SMILES string of the molecule is OC(c1ccc(Cl)s1)c1cc(Br)c2ccccc2c1F. The first-order valence-electron chi connectivity index (χ1n) is 5.88. The van der Waals surface area contributed by atoms with E-state index in [9.17, 15) is 9.50 Å². The number of fused-ring (bicyclic) bond motifs is 1. The van der Waals surface area contributed by atoms with E-state index in [1.54, 1.807) is 30.3 Å². The van der Waals surface area contributed by atoms with Crippen LogP contribution in [0.2, 0.25) is 4.34 Å². The molecule has 0 spiro atoms. The van der Waals surface area contributed by atoms with Crippen molar-refractivity contribution < 1.29 is 9.50 Å². The lowest BCUT2D eigenvalue weighted by Crippen LogP contribution is -2.01. The van der Waals surface area contributed by atoms with Crippen LogP contribution < -0.4 is 0 Å². The molecule has 3 aromatic rings. The summed E-state index contributed by atoms with van der Waals surface area (Å²) in [5.74, 6) is -0.402. The first-order chi connectivity index (χ1) is 9.58. The van der Waals surface area contributed by atoms with Crippen molar-refractivity contribution in [2.24, 2.45) is 0 Å². The molecular formula is C15H9BrClFOS. The molecule has 0 saturated carbocycles. The molecule has 5 heteroatoms. The topological polar surface area (TPSA) is 20.2 Å². The van der Waals surface area contributed by atoms with Crippen molar-refractivity contribution in [1.29, 1.82) is 0 Å². The smallest absolute Gasteiger partial charge is 0.137 e. The third-order valence-corrected chi connectivity index (χ3v) is 5.05. The second-order valence-electron chi connectivity index (χ2n) is 4.35. The molecule has 1 atom stereocenters. The van der Waals surface area contributed by atoms with E-state index < -0.39 is 11.9 Å². The quantitative estimate of drug-likeness (QED) is 0.627. The van der Waals surface area contributed by atoms with E-state index in [4.69, 9.17) is 11.6 Å². The molecule has 0 bridgehead atoms. The molecule has 20 heavy (non-hydrogen) atoms. The number of halogens is 3. The Labute approximate surface area is 132 Å². The molecule has 0 aliphatic heterocycles. The second kappa shape index (κ2) is 5.45. The molecule has 1 aromatic heterocycles. The zero-order valence-electron chi connectivity index (χ0n) is 10.1. The molecule has 0 aliphatic carbocycles. The highest BCUT2D eigenvalue weighted by Crippen LogP contribution is 2.36. The average Bonchev–Trinajstić information content (AvgIpc) is 2.89. The molecule has 3 rings (SSSR count). The molecule has 0 aliphatic rings. The van der Waals surface area contributed by atoms with Crippen LogP contribution >= 0.6 is 38.9 Å². The van der Waals surface area contributed by atoms with Gasteiger partial charge < -0.3 is 5.11 Å². The average molecular weight is 372 g/mol. The van der Waals surface area contributed by atoms with Gasteiger partial charge in [0.05, 0.1) is 4.34 Å². The predicted molar refractivity (Wildman–Crippen MR) is 85.0 cm³/mol. The molecule has 0 radical (unpaired) electrons. The summed E-state index contributed by atoms with van der Waals surface area (Å²) in [4.78, 5) is 0.621. The summed E-state index contributed by atoms with van der Waals surface area (Å²) in [6.45, 7) is 0. The standard InChI is InChI=1S/C15H9BrClFOS/c16-11-7-10(15(19)12-5-6-13(17)20-12)14(18)9-4-2-1-3-8(9)11/h1-7,15,19H. The molecule has 0 saturated heterocycles. The highest BCUT2D eigenvalue weighted by molar-refractivity contribution is 9.10. The fourth-order valence-corrected chi connectivity index (χ4v) is 3.80. The van der Waals surface area contributed by atoms with Crippen LogP contribution in [0.5, 0.6) is 0 Å². The molecule has 1 heterocycles. The lowest BCUT2D eigenvalue weighted by molar-refractivity contribution is 0.219. The zero-order valence-corrected chi connectivity index (χ0v) is 13.3. The van der Waals surface area contributed by atoms with Crippen molar-refractivity contribution in [2.45, 2.75) is 6.10 Å². The third-order valence-electron chi connectivity index (χ3n) is 3.11. The van der Waals surface area contributed by atoms with Crippen LogP contribution in [0.4, 0.5) is 4.39 Å². The van der Waals surface area contributed by atoms with E-state index in [0.29, 0.717) is 14.6 Å². The van der Waals surface area contributed by atoms with E-state index in [1.165, 1.54) is 11.3 Å². The Morgan fingerprint density at radius 2 is 1.85 bits per heavy atom. The van der Waals surface area contributed by atoms with Crippen LogP contribution in [0.1, 0.15) is 16.5 Å². The van der Waals surface area contributed by atoms with Gasteiger partial charge >= 0.3 is 0 Å². The molecule has 2 aromatic carbocycles. The Kier molecular flexibility index (Phi) is 3.82. The summed E-state index contributed by atoms with van der Waals surface area (Å²) in [5, 5.41) is 11.6. The van der Waals surface area contributed by atoms with Gasteiger partial charge in [-0.2, -0.15) is 0 Å². The van der Waals surface area contributed by atoms with Crippen LogP contribution in [0.3, 0.4) is 0 Å². The summed E-state index contributed by atoms with van der Waals surface area (Å²) in [7, 11) is 0. The van der Waals surface area contributed by atoms with Crippen molar-refractivity contribution in [3.8, 4) is 0 Å². The predicted octanol–water partition coefficient (Wildman–Crippen LogP) is 5.54. The van der Waals surface area contributed by atoms with Gasteiger partial charge in [0.15, 0.2) is 0 Å². The van der Waals surface area contributed by atoms with E-state index >= 15 is 0 Å². The Morgan fingerprint density at radius 1 is 1.15 bits per heavy atom. The van der Waals surface area contributed by atoms with Gasteiger partial charge in [-0.25, -0.2) is 4.39 Å². The summed E-state index contributed by atoms with van der Waals surface area (Å²) < 4.78 is 15.9. The summed E-state index contributed by atoms with van der Waals surface area (Å²) in [6, 6.07) is 12.2. The molecule has 1 N–H and O–H groups in total. The van der Waals surface area contributed by atoms with Crippen molar-refractivity contribution in [1.82, 2.24) is 0 Å². The van der Waals surface area contributed by atoms with Crippen LogP contribution in [0.25, 0.3) is 10.8 Å². The van der Waals surface area contributed by atoms with Gasteiger partial charge in [0.2, 0.25) is 0 Å². The summed E-state index contributed by atoms with van der Waals surface area (Å²) in [6.07, 6.45) is -1.02. The number of aliphatic hydroxyl groups excluding tert-OH is 1. The van der Waals surface area contributed by atoms with Gasteiger partial charge in [-0.05, 0) is 23.6 Å². The second-order valence-corrected chi connectivity index (χ2v) is 6.95. The van der Waals surface area contributed by atoms with Gasteiger partial charge in [0.25, 0.3) is 0 Å². The van der Waals surface area contributed by atoms with Gasteiger partial charge in [-0.3, -0.25) is 0 Å². The van der Waals surface area contributed by atoms with Gasteiger partial charge in [-0.15, -0.1) is 11.3 Å². The highest BCUT2D eigenvalue weighted by Gasteiger charge is 2.20. The molecule has 0 amide bonds. The highest BCUT2D eigenvalue weighted by atomic mass is 79.9. The number of thiophene rings is 1. The molecule has 102 valence electrons. The van der Waals surface area contributed by atoms with E-state index in [1.807, 2.05) is 12.1 Å². The first kappa shape index (κ1) is 14.0. The fraction of sp³-hybridized carbons (Fsp3) is 0.0667. The Morgan fingerprint density at radius 3 is 2.50 bits per heavy atom. The van der Waals surface area contributed by atoms with Crippen LogP contribution in [-0.2, 0) is 0 Å². The maximum Gasteiger partial charge on any atom is 0.137 e. The summed E-state index contributed by atoms with van der Waals surface area (Å²) >= 11 is 10.5. The maximum atomic E-state index is 14.6. The van der Waals surface area contributed by atoms with Crippen molar-refractivity contribution in [2.75, 3.05) is 0 Å². The Bertz CT molecular complexity index is 787. The normalized spacial score (nSPS) is 12.8. The van der Waals surface area contributed by atoms with Crippen LogP contribution in [0.15, 0.2) is 46.9 Å². The largest absolute Gasteiger partial charge is 0.383 e. The fourth-order valence-electron chi connectivity index (χ4n) is 2.14. The number of aliphatic hydroxyl groups is 1. The molecule has 1 unspecified atom stereocenters. The van der Waals surface area contributed by atoms with E-state index in [-0.39, 0.29) is 5.56 Å². The van der Waals surface area contributed by atoms with Crippen LogP contribution in [0, 0.1) is 5.82 Å². The van der Waals surface area contributed by atoms with E-state index in [2.05, 4.69) is 15.9 Å². The van der Waals surface area contributed by atoms with Gasteiger partial charge in [-0.1, -0.05) is 51.8 Å². The van der Waals surface area contributed by atoms with Crippen LogP contribution in [-0.4, -0.2) is 5.11 Å². The lowest BCUT2D eigenvalue weighted by atomic mass is 10.0. The minimum Gasteiger partial charge on any atom is -0.383 e. The maximum absolute atomic E-state index is 14.6. The van der Waals surface area contributed by atoms with Crippen molar-refractivity contribution in [3.63, 3.8) is 0 Å². The zero-order chi connectivity index (χ0) is 14.3. The minimum absolute atomic E-state index is 0.245. The molecular weight excluding hydrogens is 363 g/mol. The molecule has 1 nitrogen and oxygen atoms in total. The number of benzene rings is 2. The monoisotopic (exact) mass is 370 g/mol. The molecule has 0 fully saturated rings.